The first kappa shape index (κ1) is 24.8. The van der Waals surface area contributed by atoms with E-state index in [1.165, 1.54) is 11.5 Å². The molecule has 36 heavy (non-hydrogen) atoms. The van der Waals surface area contributed by atoms with E-state index in [1.54, 1.807) is 4.68 Å². The predicted molar refractivity (Wildman–Crippen MR) is 121 cm³/mol. The van der Waals surface area contributed by atoms with Crippen molar-refractivity contribution in [3.8, 4) is 0 Å². The molecule has 1 saturated heterocycles. The van der Waals surface area contributed by atoms with Gasteiger partial charge in [-0.25, -0.2) is 9.67 Å². The molecule has 0 radical (unpaired) electrons. The molecule has 7 nitrogen and oxygen atoms in total. The maximum Gasteiger partial charge on any atom is 0.416 e. The third kappa shape index (κ3) is 5.13. The molecule has 14 heteroatoms. The van der Waals surface area contributed by atoms with Crippen LogP contribution >= 0.6 is 11.5 Å². The van der Waals surface area contributed by atoms with Gasteiger partial charge in [-0.05, 0) is 56.4 Å². The summed E-state index contributed by atoms with van der Waals surface area (Å²) < 4.78 is 86.1. The first-order valence-corrected chi connectivity index (χ1v) is 12.3. The van der Waals surface area contributed by atoms with E-state index >= 15 is 0 Å². The zero-order valence-electron chi connectivity index (χ0n) is 19.2. The second-order valence-corrected chi connectivity index (χ2v) is 9.81. The van der Waals surface area contributed by atoms with Crippen molar-refractivity contribution in [2.45, 2.75) is 63.5 Å². The number of piperidine rings is 1. The molecule has 2 aromatic heterocycles. The number of rotatable bonds is 4. The van der Waals surface area contributed by atoms with Crippen LogP contribution in [0.4, 0.5) is 37.4 Å². The van der Waals surface area contributed by atoms with Crippen molar-refractivity contribution < 1.29 is 26.3 Å². The Balaban J connectivity index is 1.35. The first-order chi connectivity index (χ1) is 17.0. The molecular formula is C22H23F6N7S. The van der Waals surface area contributed by atoms with Crippen LogP contribution in [0.25, 0.3) is 0 Å². The Kier molecular flexibility index (Phi) is 6.33. The Labute approximate surface area is 206 Å². The topological polar surface area (TPSA) is 71.8 Å². The van der Waals surface area contributed by atoms with Crippen LogP contribution in [0.15, 0.2) is 18.2 Å². The molecule has 1 N–H and O–H groups in total. The molecule has 0 amide bonds. The minimum Gasteiger partial charge on any atom is -0.350 e. The Hall–Kier alpha value is -2.90. The molecule has 2 aliphatic heterocycles. The number of hydrogen-bond donors (Lipinski definition) is 1. The van der Waals surface area contributed by atoms with Gasteiger partial charge in [0.15, 0.2) is 0 Å². The molecule has 3 aromatic rings. The highest BCUT2D eigenvalue weighted by Gasteiger charge is 2.38. The summed E-state index contributed by atoms with van der Waals surface area (Å²) in [6, 6.07) is 1.83. The van der Waals surface area contributed by atoms with Crippen molar-refractivity contribution in [2.75, 3.05) is 23.3 Å². The SMILES string of the molecule is Cc1nsc(N2CCC(Nc3nc4n(n3)CCCC4c3cc(C(F)(F)F)cc(C(F)(F)F)c3)CC2)n1. The molecule has 1 unspecified atom stereocenters. The first-order valence-electron chi connectivity index (χ1n) is 11.5. The van der Waals surface area contributed by atoms with Gasteiger partial charge in [-0.1, -0.05) is 0 Å². The van der Waals surface area contributed by atoms with E-state index in [1.807, 2.05) is 6.92 Å². The number of nitrogens with one attached hydrogen (secondary N) is 1. The molecule has 2 aliphatic rings. The van der Waals surface area contributed by atoms with E-state index in [4.69, 9.17) is 0 Å². The molecule has 0 aliphatic carbocycles. The number of halogens is 6. The maximum atomic E-state index is 13.4. The van der Waals surface area contributed by atoms with Crippen LogP contribution in [0.1, 0.15) is 59.9 Å². The summed E-state index contributed by atoms with van der Waals surface area (Å²) >= 11 is 1.36. The van der Waals surface area contributed by atoms with E-state index in [2.05, 4.69) is 29.7 Å². The number of aryl methyl sites for hydroxylation is 2. The molecule has 194 valence electrons. The number of anilines is 2. The fourth-order valence-corrected chi connectivity index (χ4v) is 5.45. The highest BCUT2D eigenvalue weighted by Crippen LogP contribution is 2.41. The quantitative estimate of drug-likeness (QED) is 0.450. The van der Waals surface area contributed by atoms with Gasteiger partial charge in [0.25, 0.3) is 0 Å². The van der Waals surface area contributed by atoms with Gasteiger partial charge < -0.3 is 10.2 Å². The highest BCUT2D eigenvalue weighted by atomic mass is 32.1. The number of aromatic nitrogens is 5. The monoisotopic (exact) mass is 531 g/mol. The fraction of sp³-hybridized carbons (Fsp3) is 0.545. The van der Waals surface area contributed by atoms with Crippen molar-refractivity contribution in [1.82, 2.24) is 24.1 Å². The lowest BCUT2D eigenvalue weighted by Gasteiger charge is -2.31. The average molecular weight is 532 g/mol. The van der Waals surface area contributed by atoms with Gasteiger partial charge in [-0.15, -0.1) is 5.10 Å². The molecule has 1 fully saturated rings. The lowest BCUT2D eigenvalue weighted by atomic mass is 9.88. The Morgan fingerprint density at radius 3 is 2.17 bits per heavy atom. The van der Waals surface area contributed by atoms with Crippen LogP contribution in [0.2, 0.25) is 0 Å². The molecule has 4 heterocycles. The van der Waals surface area contributed by atoms with Gasteiger partial charge in [-0.2, -0.15) is 35.7 Å². The molecule has 0 spiro atoms. The van der Waals surface area contributed by atoms with Crippen LogP contribution in [0, 0.1) is 6.92 Å². The summed E-state index contributed by atoms with van der Waals surface area (Å²) in [5, 5.41) is 8.63. The van der Waals surface area contributed by atoms with Crippen LogP contribution in [-0.4, -0.2) is 43.3 Å². The molecule has 0 saturated carbocycles. The van der Waals surface area contributed by atoms with Crippen molar-refractivity contribution in [1.29, 1.82) is 0 Å². The second kappa shape index (κ2) is 9.20. The van der Waals surface area contributed by atoms with Crippen LogP contribution < -0.4 is 10.2 Å². The highest BCUT2D eigenvalue weighted by molar-refractivity contribution is 7.09. The van der Waals surface area contributed by atoms with E-state index in [9.17, 15) is 26.3 Å². The summed E-state index contributed by atoms with van der Waals surface area (Å²) in [6.45, 7) is 3.89. The third-order valence-corrected chi connectivity index (χ3v) is 7.37. The number of nitrogens with zero attached hydrogens (tertiary/aromatic N) is 6. The lowest BCUT2D eigenvalue weighted by molar-refractivity contribution is -0.143. The number of hydrogen-bond acceptors (Lipinski definition) is 7. The largest absolute Gasteiger partial charge is 0.416 e. The number of fused-ring (bicyclic) bond motifs is 1. The average Bonchev–Trinajstić information content (AvgIpc) is 3.43. The minimum absolute atomic E-state index is 0.0577. The summed E-state index contributed by atoms with van der Waals surface area (Å²) in [7, 11) is 0. The third-order valence-electron chi connectivity index (χ3n) is 6.50. The van der Waals surface area contributed by atoms with Crippen molar-refractivity contribution in [2.24, 2.45) is 0 Å². The van der Waals surface area contributed by atoms with Gasteiger partial charge in [0.05, 0.1) is 11.1 Å². The summed E-state index contributed by atoms with van der Waals surface area (Å²) in [6.07, 6.45) is -7.24. The minimum atomic E-state index is -4.90. The van der Waals surface area contributed by atoms with Gasteiger partial charge >= 0.3 is 12.4 Å². The number of benzene rings is 1. The second-order valence-electron chi connectivity index (χ2n) is 9.08. The van der Waals surface area contributed by atoms with Gasteiger partial charge in [0.1, 0.15) is 11.6 Å². The molecule has 0 bridgehead atoms. The summed E-state index contributed by atoms with van der Waals surface area (Å²) in [5.41, 5.74) is -2.70. The van der Waals surface area contributed by atoms with E-state index < -0.39 is 29.4 Å². The summed E-state index contributed by atoms with van der Waals surface area (Å²) in [5.74, 6) is 0.733. The lowest BCUT2D eigenvalue weighted by Crippen LogP contribution is -2.39. The van der Waals surface area contributed by atoms with Crippen LogP contribution in [0.3, 0.4) is 0 Å². The molecule has 1 atom stereocenters. The normalized spacial score (nSPS) is 19.4. The zero-order valence-corrected chi connectivity index (χ0v) is 20.0. The zero-order chi connectivity index (χ0) is 25.7. The maximum absolute atomic E-state index is 13.4. The van der Waals surface area contributed by atoms with E-state index in [0.29, 0.717) is 31.2 Å². The van der Waals surface area contributed by atoms with Crippen LogP contribution in [-0.2, 0) is 18.9 Å². The van der Waals surface area contributed by atoms with Crippen molar-refractivity contribution in [3.05, 3.63) is 46.5 Å². The van der Waals surface area contributed by atoms with Crippen molar-refractivity contribution in [3.63, 3.8) is 0 Å². The smallest absolute Gasteiger partial charge is 0.350 e. The van der Waals surface area contributed by atoms with Crippen molar-refractivity contribution >= 4 is 22.6 Å². The Morgan fingerprint density at radius 2 is 1.58 bits per heavy atom. The predicted octanol–water partition coefficient (Wildman–Crippen LogP) is 5.48. The van der Waals surface area contributed by atoms with Crippen LogP contribution in [0.5, 0.6) is 0 Å². The number of alkyl halides is 6. The fourth-order valence-electron chi connectivity index (χ4n) is 4.72. The Morgan fingerprint density at radius 1 is 0.917 bits per heavy atom. The standard InChI is InChI=1S/C22H23F6N7S/c1-12-29-20(36-33-12)34-7-4-16(5-8-34)30-19-31-18-17(3-2-6-35(18)32-19)13-9-14(21(23,24)25)11-15(10-13)22(26,27)28/h9-11,16-17H,2-8H2,1H3,(H,30,32). The van der Waals surface area contributed by atoms with E-state index in [0.717, 1.165) is 49.0 Å². The van der Waals surface area contributed by atoms with Gasteiger partial charge in [-0.3, -0.25) is 0 Å². The molecule has 1 aromatic carbocycles. The van der Waals surface area contributed by atoms with E-state index in [-0.39, 0.29) is 17.7 Å². The summed E-state index contributed by atoms with van der Waals surface area (Å²) in [4.78, 5) is 11.1. The Bertz CT molecular complexity index is 1190. The molecular weight excluding hydrogens is 508 g/mol. The van der Waals surface area contributed by atoms with Gasteiger partial charge in [0.2, 0.25) is 11.1 Å². The van der Waals surface area contributed by atoms with Gasteiger partial charge in [0, 0.05) is 43.1 Å². The molecule has 5 rings (SSSR count).